The fourth-order valence-electron chi connectivity index (χ4n) is 2.16. The van der Waals surface area contributed by atoms with E-state index < -0.39 is 0 Å². The molecular weight excluding hydrogens is 292 g/mol. The second-order valence-electron chi connectivity index (χ2n) is 5.58. The first-order valence-corrected chi connectivity index (χ1v) is 7.76. The van der Waals surface area contributed by atoms with Crippen LogP contribution in [0.15, 0.2) is 36.4 Å². The van der Waals surface area contributed by atoms with Gasteiger partial charge in [0.1, 0.15) is 11.6 Å². The minimum Gasteiger partial charge on any atom is -0.497 e. The number of nitrogens with one attached hydrogen (secondary N) is 2. The molecule has 0 spiro atoms. The van der Waals surface area contributed by atoms with Crippen molar-refractivity contribution < 1.29 is 9.53 Å². The molecule has 1 aromatic carbocycles. The van der Waals surface area contributed by atoms with Crippen LogP contribution in [0.5, 0.6) is 5.75 Å². The van der Waals surface area contributed by atoms with Crippen molar-refractivity contribution in [3.05, 3.63) is 47.7 Å². The van der Waals surface area contributed by atoms with Gasteiger partial charge in [-0.05, 0) is 49.1 Å². The number of methoxy groups -OCH3 is 1. The third kappa shape index (κ3) is 4.42. The summed E-state index contributed by atoms with van der Waals surface area (Å²) in [7, 11) is 1.66. The first kappa shape index (κ1) is 15.3. The molecule has 0 aliphatic heterocycles. The minimum absolute atomic E-state index is 0.148. The summed E-state index contributed by atoms with van der Waals surface area (Å²) >= 11 is 0. The number of carbonyl (C=O) groups excluding carboxylic acids is 1. The van der Waals surface area contributed by atoms with E-state index in [0.29, 0.717) is 17.6 Å². The van der Waals surface area contributed by atoms with Crippen LogP contribution in [0.3, 0.4) is 0 Å². The second kappa shape index (κ2) is 7.09. The molecule has 0 unspecified atom stereocenters. The van der Waals surface area contributed by atoms with Crippen molar-refractivity contribution in [2.45, 2.75) is 25.3 Å². The van der Waals surface area contributed by atoms with E-state index >= 15 is 0 Å². The summed E-state index contributed by atoms with van der Waals surface area (Å²) in [5.41, 5.74) is 1.57. The Hall–Kier alpha value is -2.63. The average molecular weight is 312 g/mol. The number of aromatic nitrogens is 2. The Balaban J connectivity index is 1.46. The van der Waals surface area contributed by atoms with Gasteiger partial charge in [-0.1, -0.05) is 12.1 Å². The topological polar surface area (TPSA) is 76.1 Å². The first-order valence-electron chi connectivity index (χ1n) is 7.76. The maximum Gasteiger partial charge on any atom is 0.272 e. The zero-order chi connectivity index (χ0) is 16.1. The van der Waals surface area contributed by atoms with Gasteiger partial charge in [-0.2, -0.15) is 0 Å². The Labute approximate surface area is 135 Å². The van der Waals surface area contributed by atoms with Crippen molar-refractivity contribution in [1.82, 2.24) is 15.5 Å². The van der Waals surface area contributed by atoms with Gasteiger partial charge in [0.15, 0.2) is 5.69 Å². The van der Waals surface area contributed by atoms with Gasteiger partial charge in [-0.15, -0.1) is 10.2 Å². The fraction of sp³-hybridized carbons (Fsp3) is 0.353. The molecule has 23 heavy (non-hydrogen) atoms. The molecule has 2 aromatic rings. The number of hydrogen-bond acceptors (Lipinski definition) is 5. The number of hydrogen-bond donors (Lipinski definition) is 2. The van der Waals surface area contributed by atoms with Crippen LogP contribution in [-0.2, 0) is 6.42 Å². The van der Waals surface area contributed by atoms with Crippen molar-refractivity contribution in [1.29, 1.82) is 0 Å². The third-order valence-electron chi connectivity index (χ3n) is 3.69. The zero-order valence-electron chi connectivity index (χ0n) is 13.1. The second-order valence-corrected chi connectivity index (χ2v) is 5.58. The third-order valence-corrected chi connectivity index (χ3v) is 3.69. The molecule has 0 atom stereocenters. The van der Waals surface area contributed by atoms with E-state index in [0.717, 1.165) is 31.6 Å². The van der Waals surface area contributed by atoms with Crippen molar-refractivity contribution in [2.24, 2.45) is 0 Å². The van der Waals surface area contributed by atoms with Gasteiger partial charge < -0.3 is 15.4 Å². The highest BCUT2D eigenvalue weighted by Gasteiger charge is 2.24. The van der Waals surface area contributed by atoms with Crippen LogP contribution in [0.2, 0.25) is 0 Å². The summed E-state index contributed by atoms with van der Waals surface area (Å²) in [4.78, 5) is 11.8. The van der Waals surface area contributed by atoms with Crippen LogP contribution in [0, 0.1) is 0 Å². The molecule has 0 saturated heterocycles. The van der Waals surface area contributed by atoms with E-state index in [4.69, 9.17) is 4.74 Å². The molecule has 2 N–H and O–H groups in total. The molecule has 1 aromatic heterocycles. The molecule has 0 radical (unpaired) electrons. The highest BCUT2D eigenvalue weighted by Crippen LogP contribution is 2.19. The average Bonchev–Trinajstić information content (AvgIpc) is 3.40. The van der Waals surface area contributed by atoms with E-state index in [1.54, 1.807) is 19.2 Å². The lowest BCUT2D eigenvalue weighted by Gasteiger charge is -2.07. The van der Waals surface area contributed by atoms with Crippen LogP contribution in [0.4, 0.5) is 5.82 Å². The molecule has 3 rings (SSSR count). The zero-order valence-corrected chi connectivity index (χ0v) is 13.1. The van der Waals surface area contributed by atoms with E-state index in [1.807, 2.05) is 24.3 Å². The number of rotatable bonds is 7. The maximum absolute atomic E-state index is 11.8. The molecule has 0 bridgehead atoms. The van der Waals surface area contributed by atoms with Crippen LogP contribution < -0.4 is 15.4 Å². The Morgan fingerprint density at radius 3 is 2.57 bits per heavy atom. The van der Waals surface area contributed by atoms with Crippen LogP contribution in [-0.4, -0.2) is 35.8 Å². The van der Waals surface area contributed by atoms with Gasteiger partial charge in [0.25, 0.3) is 5.91 Å². The lowest BCUT2D eigenvalue weighted by Crippen LogP contribution is -2.26. The lowest BCUT2D eigenvalue weighted by atomic mass is 10.1. The van der Waals surface area contributed by atoms with Crippen molar-refractivity contribution >= 4 is 11.7 Å². The minimum atomic E-state index is -0.148. The van der Waals surface area contributed by atoms with Gasteiger partial charge in [-0.25, -0.2) is 0 Å². The summed E-state index contributed by atoms with van der Waals surface area (Å²) in [6.07, 6.45) is 2.99. The molecule has 1 amide bonds. The molecule has 1 fully saturated rings. The van der Waals surface area contributed by atoms with Gasteiger partial charge in [-0.3, -0.25) is 4.79 Å². The fourth-order valence-corrected chi connectivity index (χ4v) is 2.16. The quantitative estimate of drug-likeness (QED) is 0.818. The maximum atomic E-state index is 11.8. The predicted octanol–water partition coefficient (Wildman–Crippen LogP) is 2.03. The molecule has 1 saturated carbocycles. The SMILES string of the molecule is COc1ccc(CCNc2ccc(C(=O)NC3CC3)nn2)cc1. The van der Waals surface area contributed by atoms with E-state index in [-0.39, 0.29) is 5.91 Å². The first-order chi connectivity index (χ1) is 11.2. The molecule has 120 valence electrons. The number of ether oxygens (including phenoxy) is 1. The molecular formula is C17H20N4O2. The summed E-state index contributed by atoms with van der Waals surface area (Å²) in [6.45, 7) is 0.745. The van der Waals surface area contributed by atoms with E-state index in [1.165, 1.54) is 5.56 Å². The van der Waals surface area contributed by atoms with E-state index in [9.17, 15) is 4.79 Å². The smallest absolute Gasteiger partial charge is 0.272 e. The van der Waals surface area contributed by atoms with Gasteiger partial charge in [0, 0.05) is 12.6 Å². The summed E-state index contributed by atoms with van der Waals surface area (Å²) in [6, 6.07) is 11.8. The Kier molecular flexibility index (Phi) is 4.71. The summed E-state index contributed by atoms with van der Waals surface area (Å²) in [5.74, 6) is 1.37. The number of anilines is 1. The normalized spacial score (nSPS) is 13.4. The largest absolute Gasteiger partial charge is 0.497 e. The Bertz CT molecular complexity index is 651. The highest BCUT2D eigenvalue weighted by molar-refractivity contribution is 5.92. The molecule has 6 nitrogen and oxygen atoms in total. The van der Waals surface area contributed by atoms with Crippen LogP contribution in [0.1, 0.15) is 28.9 Å². The van der Waals surface area contributed by atoms with Crippen molar-refractivity contribution in [2.75, 3.05) is 19.0 Å². The Morgan fingerprint density at radius 2 is 1.96 bits per heavy atom. The van der Waals surface area contributed by atoms with Crippen LogP contribution >= 0.6 is 0 Å². The summed E-state index contributed by atoms with van der Waals surface area (Å²) < 4.78 is 5.13. The van der Waals surface area contributed by atoms with Crippen LogP contribution in [0.25, 0.3) is 0 Å². The standard InChI is InChI=1S/C17H20N4O2/c1-23-14-6-2-12(3-7-14)10-11-18-16-9-8-15(20-21-16)17(22)19-13-4-5-13/h2-3,6-9,13H,4-5,10-11H2,1H3,(H,18,21)(H,19,22). The summed E-state index contributed by atoms with van der Waals surface area (Å²) in [5, 5.41) is 14.1. The molecule has 6 heteroatoms. The number of carbonyl (C=O) groups is 1. The van der Waals surface area contributed by atoms with E-state index in [2.05, 4.69) is 20.8 Å². The van der Waals surface area contributed by atoms with Gasteiger partial charge >= 0.3 is 0 Å². The van der Waals surface area contributed by atoms with Gasteiger partial charge in [0.05, 0.1) is 7.11 Å². The van der Waals surface area contributed by atoms with Crippen molar-refractivity contribution in [3.8, 4) is 5.75 Å². The Morgan fingerprint density at radius 1 is 1.17 bits per heavy atom. The highest BCUT2D eigenvalue weighted by atomic mass is 16.5. The molecule has 1 heterocycles. The number of amides is 1. The lowest BCUT2D eigenvalue weighted by molar-refractivity contribution is 0.0945. The van der Waals surface area contributed by atoms with Crippen molar-refractivity contribution in [3.63, 3.8) is 0 Å². The molecule has 1 aliphatic rings. The molecule has 1 aliphatic carbocycles. The number of nitrogens with zero attached hydrogens (tertiary/aromatic N) is 2. The monoisotopic (exact) mass is 312 g/mol. The number of benzene rings is 1. The predicted molar refractivity (Wildman–Crippen MR) is 87.7 cm³/mol. The van der Waals surface area contributed by atoms with Gasteiger partial charge in [0.2, 0.25) is 0 Å².